The first-order valence-corrected chi connectivity index (χ1v) is 8.55. The van der Waals surface area contributed by atoms with E-state index in [1.54, 1.807) is 18.4 Å². The monoisotopic (exact) mass is 359 g/mol. The summed E-state index contributed by atoms with van der Waals surface area (Å²) in [6.07, 6.45) is 1.70. The highest BCUT2D eigenvalue weighted by molar-refractivity contribution is 7.80. The fourth-order valence-electron chi connectivity index (χ4n) is 2.74. The van der Waals surface area contributed by atoms with Crippen LogP contribution in [0.25, 0.3) is 0 Å². The van der Waals surface area contributed by atoms with E-state index in [1.165, 1.54) is 7.11 Å². The number of benzene rings is 1. The molecule has 1 N–H and O–H groups in total. The topological polar surface area (TPSA) is 58.0 Å². The van der Waals surface area contributed by atoms with Crippen molar-refractivity contribution in [2.24, 2.45) is 0 Å². The number of methoxy groups -OCH3 is 1. The molecule has 3 rings (SSSR count). The molecular weight excluding hydrogens is 338 g/mol. The second-order valence-corrected chi connectivity index (χ2v) is 6.23. The maximum atomic E-state index is 11.5. The van der Waals surface area contributed by atoms with E-state index in [1.807, 2.05) is 24.3 Å². The van der Waals surface area contributed by atoms with Gasteiger partial charge in [0.05, 0.1) is 25.5 Å². The highest BCUT2D eigenvalue weighted by atomic mass is 32.1. The predicted octanol–water partition coefficient (Wildman–Crippen LogP) is 2.58. The molecule has 1 aromatic carbocycles. The van der Waals surface area contributed by atoms with E-state index < -0.39 is 0 Å². The Morgan fingerprint density at radius 1 is 1.20 bits per heavy atom. The van der Waals surface area contributed by atoms with Gasteiger partial charge in [-0.1, -0.05) is 0 Å². The number of esters is 1. The van der Waals surface area contributed by atoms with Gasteiger partial charge in [-0.05, 0) is 48.6 Å². The Morgan fingerprint density at radius 3 is 2.52 bits per heavy atom. The van der Waals surface area contributed by atoms with Gasteiger partial charge in [-0.25, -0.2) is 4.79 Å². The molecule has 7 heteroatoms. The normalized spacial score (nSPS) is 15.0. The number of thiocarbonyl (C=S) groups is 1. The summed E-state index contributed by atoms with van der Waals surface area (Å²) in [6, 6.07) is 11.0. The second kappa shape index (κ2) is 8.13. The standard InChI is InChI=1S/C18H21N3O3S/c1-23-17(22)14-4-6-15(7-5-14)19-18(25)21-10-8-20(9-11-21)13-16-3-2-12-24-16/h2-7,12H,8-11,13H2,1H3,(H,19,25). The number of ether oxygens (including phenoxy) is 1. The Kier molecular flexibility index (Phi) is 5.67. The fourth-order valence-corrected chi connectivity index (χ4v) is 3.04. The lowest BCUT2D eigenvalue weighted by Gasteiger charge is -2.35. The van der Waals surface area contributed by atoms with Crippen LogP contribution in [-0.2, 0) is 11.3 Å². The Bertz CT molecular complexity index is 708. The zero-order chi connectivity index (χ0) is 17.6. The van der Waals surface area contributed by atoms with Crippen LogP contribution in [0.5, 0.6) is 0 Å². The lowest BCUT2D eigenvalue weighted by Crippen LogP contribution is -2.49. The van der Waals surface area contributed by atoms with Gasteiger partial charge in [0, 0.05) is 31.9 Å². The van der Waals surface area contributed by atoms with Gasteiger partial charge in [0.15, 0.2) is 5.11 Å². The lowest BCUT2D eigenvalue weighted by atomic mass is 10.2. The summed E-state index contributed by atoms with van der Waals surface area (Å²) >= 11 is 5.50. The third kappa shape index (κ3) is 4.58. The largest absolute Gasteiger partial charge is 0.468 e. The summed E-state index contributed by atoms with van der Waals surface area (Å²) in [4.78, 5) is 16.0. The average molecular weight is 359 g/mol. The molecule has 25 heavy (non-hydrogen) atoms. The first kappa shape index (κ1) is 17.4. The van der Waals surface area contributed by atoms with Crippen molar-refractivity contribution in [3.63, 3.8) is 0 Å². The molecule has 0 radical (unpaired) electrons. The maximum absolute atomic E-state index is 11.5. The smallest absolute Gasteiger partial charge is 0.337 e. The molecule has 1 fully saturated rings. The highest BCUT2D eigenvalue weighted by Crippen LogP contribution is 2.13. The number of hydrogen-bond acceptors (Lipinski definition) is 5. The number of piperazine rings is 1. The maximum Gasteiger partial charge on any atom is 0.337 e. The molecule has 2 aromatic rings. The molecule has 0 aliphatic carbocycles. The molecule has 0 unspecified atom stereocenters. The van der Waals surface area contributed by atoms with Crippen molar-refractivity contribution in [3.05, 3.63) is 54.0 Å². The zero-order valence-electron chi connectivity index (χ0n) is 14.1. The molecule has 1 aliphatic rings. The van der Waals surface area contributed by atoms with Crippen LogP contribution in [0, 0.1) is 0 Å². The Morgan fingerprint density at radius 2 is 1.92 bits per heavy atom. The number of carbonyl (C=O) groups excluding carboxylic acids is 1. The van der Waals surface area contributed by atoms with Crippen LogP contribution in [0.15, 0.2) is 47.1 Å². The van der Waals surface area contributed by atoms with Crippen LogP contribution in [0.2, 0.25) is 0 Å². The van der Waals surface area contributed by atoms with Gasteiger partial charge in [0.2, 0.25) is 0 Å². The van der Waals surface area contributed by atoms with Crippen LogP contribution in [0.1, 0.15) is 16.1 Å². The first-order chi connectivity index (χ1) is 12.2. The van der Waals surface area contributed by atoms with Crippen LogP contribution in [0.3, 0.4) is 0 Å². The zero-order valence-corrected chi connectivity index (χ0v) is 14.9. The molecule has 0 amide bonds. The predicted molar refractivity (Wildman–Crippen MR) is 99.6 cm³/mol. The molecule has 0 atom stereocenters. The number of anilines is 1. The van der Waals surface area contributed by atoms with E-state index in [0.29, 0.717) is 10.7 Å². The van der Waals surface area contributed by atoms with E-state index in [9.17, 15) is 4.79 Å². The van der Waals surface area contributed by atoms with Crippen molar-refractivity contribution in [3.8, 4) is 0 Å². The van der Waals surface area contributed by atoms with E-state index in [2.05, 4.69) is 15.1 Å². The summed E-state index contributed by atoms with van der Waals surface area (Å²) in [5.74, 6) is 0.640. The van der Waals surface area contributed by atoms with Crippen molar-refractivity contribution in [2.45, 2.75) is 6.54 Å². The summed E-state index contributed by atoms with van der Waals surface area (Å²) in [5, 5.41) is 3.92. The van der Waals surface area contributed by atoms with Gasteiger partial charge in [-0.2, -0.15) is 0 Å². The number of hydrogen-bond donors (Lipinski definition) is 1. The van der Waals surface area contributed by atoms with Gasteiger partial charge in [0.25, 0.3) is 0 Å². The Labute approximate surface area is 152 Å². The van der Waals surface area contributed by atoms with Crippen molar-refractivity contribution in [1.82, 2.24) is 9.80 Å². The van der Waals surface area contributed by atoms with Gasteiger partial charge in [-0.15, -0.1) is 0 Å². The molecule has 132 valence electrons. The van der Waals surface area contributed by atoms with Gasteiger partial charge >= 0.3 is 5.97 Å². The third-order valence-electron chi connectivity index (χ3n) is 4.18. The molecule has 1 aromatic heterocycles. The Hall–Kier alpha value is -2.38. The fraction of sp³-hybridized carbons (Fsp3) is 0.333. The van der Waals surface area contributed by atoms with Crippen LogP contribution >= 0.6 is 12.2 Å². The number of nitrogens with zero attached hydrogens (tertiary/aromatic N) is 2. The van der Waals surface area contributed by atoms with E-state index >= 15 is 0 Å². The van der Waals surface area contributed by atoms with Crippen molar-refractivity contribution < 1.29 is 13.9 Å². The number of furan rings is 1. The van der Waals surface area contributed by atoms with Crippen LogP contribution in [0.4, 0.5) is 5.69 Å². The molecule has 2 heterocycles. The molecule has 6 nitrogen and oxygen atoms in total. The van der Waals surface area contributed by atoms with E-state index in [4.69, 9.17) is 21.4 Å². The van der Waals surface area contributed by atoms with Crippen molar-refractivity contribution in [1.29, 1.82) is 0 Å². The van der Waals surface area contributed by atoms with Crippen LogP contribution < -0.4 is 5.32 Å². The second-order valence-electron chi connectivity index (χ2n) is 5.84. The minimum atomic E-state index is -0.346. The summed E-state index contributed by atoms with van der Waals surface area (Å²) in [7, 11) is 1.37. The molecule has 1 aliphatic heterocycles. The van der Waals surface area contributed by atoms with Gasteiger partial charge < -0.3 is 19.4 Å². The molecule has 0 spiro atoms. The van der Waals surface area contributed by atoms with E-state index in [-0.39, 0.29) is 5.97 Å². The van der Waals surface area contributed by atoms with E-state index in [0.717, 1.165) is 44.2 Å². The summed E-state index contributed by atoms with van der Waals surface area (Å²) < 4.78 is 10.1. The SMILES string of the molecule is COC(=O)c1ccc(NC(=S)N2CCN(Cc3ccco3)CC2)cc1. The molecule has 0 saturated carbocycles. The highest BCUT2D eigenvalue weighted by Gasteiger charge is 2.19. The molecule has 1 saturated heterocycles. The number of rotatable bonds is 4. The van der Waals surface area contributed by atoms with Crippen molar-refractivity contribution in [2.75, 3.05) is 38.6 Å². The lowest BCUT2D eigenvalue weighted by molar-refractivity contribution is 0.0601. The summed E-state index contributed by atoms with van der Waals surface area (Å²) in [5.41, 5.74) is 1.38. The molecular formula is C18H21N3O3S. The third-order valence-corrected chi connectivity index (χ3v) is 4.54. The Balaban J connectivity index is 1.48. The number of carbonyl (C=O) groups is 1. The quantitative estimate of drug-likeness (QED) is 0.665. The molecule has 0 bridgehead atoms. The van der Waals surface area contributed by atoms with Gasteiger partial charge in [0.1, 0.15) is 5.76 Å². The van der Waals surface area contributed by atoms with Crippen LogP contribution in [-0.4, -0.2) is 54.2 Å². The van der Waals surface area contributed by atoms with Crippen molar-refractivity contribution >= 4 is 29.0 Å². The van der Waals surface area contributed by atoms with Gasteiger partial charge in [-0.3, -0.25) is 4.90 Å². The summed E-state index contributed by atoms with van der Waals surface area (Å²) in [6.45, 7) is 4.43. The average Bonchev–Trinajstić information content (AvgIpc) is 3.15. The minimum absolute atomic E-state index is 0.346. The number of nitrogens with one attached hydrogen (secondary N) is 1. The first-order valence-electron chi connectivity index (χ1n) is 8.15. The minimum Gasteiger partial charge on any atom is -0.468 e.